The number of hydrogen-bond acceptors (Lipinski definition) is 4. The summed E-state index contributed by atoms with van der Waals surface area (Å²) < 4.78 is 4.92. The smallest absolute Gasteiger partial charge is 0.241 e. The molecule has 5 nitrogen and oxygen atoms in total. The third-order valence-electron chi connectivity index (χ3n) is 2.42. The van der Waals surface area contributed by atoms with Crippen LogP contribution in [0.25, 0.3) is 0 Å². The van der Waals surface area contributed by atoms with Crippen LogP contribution in [0.5, 0.6) is 0 Å². The van der Waals surface area contributed by atoms with E-state index >= 15 is 0 Å². The highest BCUT2D eigenvalue weighted by molar-refractivity contribution is 8.00. The van der Waals surface area contributed by atoms with Gasteiger partial charge in [0, 0.05) is 27.3 Å². The molecule has 1 aliphatic heterocycles. The summed E-state index contributed by atoms with van der Waals surface area (Å²) in [7, 11) is 3.40. The van der Waals surface area contributed by atoms with Crippen molar-refractivity contribution in [2.24, 2.45) is 0 Å². The molecule has 16 heavy (non-hydrogen) atoms. The van der Waals surface area contributed by atoms with Crippen molar-refractivity contribution in [1.82, 2.24) is 9.80 Å². The number of thioether (sulfide) groups is 1. The molecule has 1 heterocycles. The number of carbonyl (C=O) groups is 2. The first kappa shape index (κ1) is 13.3. The molecule has 0 N–H and O–H groups in total. The summed E-state index contributed by atoms with van der Waals surface area (Å²) in [5.74, 6) is 1.19. The lowest BCUT2D eigenvalue weighted by molar-refractivity contribution is -0.137. The summed E-state index contributed by atoms with van der Waals surface area (Å²) in [6.45, 7) is 1.52. The van der Waals surface area contributed by atoms with E-state index in [4.69, 9.17) is 4.74 Å². The minimum atomic E-state index is -0.00745. The van der Waals surface area contributed by atoms with Crippen molar-refractivity contribution >= 4 is 23.6 Å². The molecule has 0 aromatic heterocycles. The average molecular weight is 246 g/mol. The number of methoxy groups -OCH3 is 1. The second-order valence-electron chi connectivity index (χ2n) is 3.73. The maximum Gasteiger partial charge on any atom is 0.241 e. The summed E-state index contributed by atoms with van der Waals surface area (Å²) in [6.07, 6.45) is 0.821. The fourth-order valence-electron chi connectivity index (χ4n) is 1.39. The highest BCUT2D eigenvalue weighted by Crippen LogP contribution is 2.14. The summed E-state index contributed by atoms with van der Waals surface area (Å²) >= 11 is 1.55. The van der Waals surface area contributed by atoms with Crippen LogP contribution in [-0.4, -0.2) is 67.1 Å². The van der Waals surface area contributed by atoms with Gasteiger partial charge >= 0.3 is 0 Å². The summed E-state index contributed by atoms with van der Waals surface area (Å²) in [6, 6.07) is 0. The fourth-order valence-corrected chi connectivity index (χ4v) is 2.30. The van der Waals surface area contributed by atoms with Crippen LogP contribution in [0, 0.1) is 0 Å². The Labute approximate surface area is 100 Å². The molecular weight excluding hydrogens is 228 g/mol. The van der Waals surface area contributed by atoms with Crippen LogP contribution in [0.15, 0.2) is 0 Å². The Hall–Kier alpha value is -0.750. The van der Waals surface area contributed by atoms with Crippen LogP contribution in [0.2, 0.25) is 0 Å². The predicted octanol–water partition coefficient (Wildman–Crippen LogP) is 0.0142. The van der Waals surface area contributed by atoms with Crippen molar-refractivity contribution in [2.75, 3.05) is 45.5 Å². The molecule has 1 rings (SSSR count). The monoisotopic (exact) mass is 246 g/mol. The molecule has 0 aliphatic carbocycles. The second kappa shape index (κ2) is 6.75. The lowest BCUT2D eigenvalue weighted by atomic mass is 10.4. The van der Waals surface area contributed by atoms with Gasteiger partial charge in [0.05, 0.1) is 11.6 Å². The molecule has 1 aliphatic rings. The van der Waals surface area contributed by atoms with E-state index in [9.17, 15) is 9.59 Å². The quantitative estimate of drug-likeness (QED) is 0.620. The SMILES string of the molecule is COCCCN(C)C(=O)CN1CSCC1=O. The number of nitrogens with zero attached hydrogens (tertiary/aromatic N) is 2. The molecule has 0 radical (unpaired) electrons. The van der Waals surface area contributed by atoms with Crippen LogP contribution in [-0.2, 0) is 14.3 Å². The molecule has 0 unspecified atom stereocenters. The molecule has 6 heteroatoms. The first-order valence-electron chi connectivity index (χ1n) is 5.23. The van der Waals surface area contributed by atoms with Gasteiger partial charge in [-0.25, -0.2) is 0 Å². The van der Waals surface area contributed by atoms with Gasteiger partial charge in [0.15, 0.2) is 0 Å². The second-order valence-corrected chi connectivity index (χ2v) is 4.69. The Morgan fingerprint density at radius 1 is 1.62 bits per heavy atom. The predicted molar refractivity (Wildman–Crippen MR) is 63.2 cm³/mol. The van der Waals surface area contributed by atoms with E-state index in [-0.39, 0.29) is 18.4 Å². The molecule has 0 bridgehead atoms. The fraction of sp³-hybridized carbons (Fsp3) is 0.800. The standard InChI is InChI=1S/C10H18N2O3S/c1-11(4-3-5-15-2)9(13)6-12-8-16-7-10(12)14/h3-8H2,1-2H3. The average Bonchev–Trinajstić information content (AvgIpc) is 2.64. The van der Waals surface area contributed by atoms with E-state index in [2.05, 4.69) is 0 Å². The lowest BCUT2D eigenvalue weighted by Crippen LogP contribution is -2.39. The first-order valence-corrected chi connectivity index (χ1v) is 6.39. The van der Waals surface area contributed by atoms with Gasteiger partial charge in [-0.05, 0) is 6.42 Å². The molecule has 0 spiro atoms. The minimum Gasteiger partial charge on any atom is -0.385 e. The van der Waals surface area contributed by atoms with Crippen LogP contribution in [0.1, 0.15) is 6.42 Å². The summed E-state index contributed by atoms with van der Waals surface area (Å²) in [5.41, 5.74) is 0. The Balaban J connectivity index is 2.25. The van der Waals surface area contributed by atoms with E-state index < -0.39 is 0 Å². The Kier molecular flexibility index (Phi) is 5.62. The van der Waals surface area contributed by atoms with E-state index in [1.54, 1.807) is 35.7 Å². The zero-order valence-electron chi connectivity index (χ0n) is 9.77. The van der Waals surface area contributed by atoms with Crippen molar-refractivity contribution in [3.05, 3.63) is 0 Å². The number of amides is 2. The maximum absolute atomic E-state index is 11.7. The number of rotatable bonds is 6. The molecule has 0 aromatic carbocycles. The van der Waals surface area contributed by atoms with Gasteiger partial charge in [-0.15, -0.1) is 11.8 Å². The van der Waals surface area contributed by atoms with Crippen LogP contribution >= 0.6 is 11.8 Å². The number of hydrogen-bond donors (Lipinski definition) is 0. The first-order chi connectivity index (χ1) is 7.65. The van der Waals surface area contributed by atoms with Gasteiger partial charge in [0.25, 0.3) is 0 Å². The van der Waals surface area contributed by atoms with Gasteiger partial charge in [-0.3, -0.25) is 9.59 Å². The normalized spacial score (nSPS) is 15.6. The van der Waals surface area contributed by atoms with Crippen LogP contribution in [0.4, 0.5) is 0 Å². The third kappa shape index (κ3) is 4.02. The van der Waals surface area contributed by atoms with E-state index in [1.165, 1.54) is 0 Å². The van der Waals surface area contributed by atoms with Crippen LogP contribution in [0.3, 0.4) is 0 Å². The molecule has 92 valence electrons. The van der Waals surface area contributed by atoms with E-state index in [0.717, 1.165) is 6.42 Å². The van der Waals surface area contributed by atoms with Crippen molar-refractivity contribution in [3.8, 4) is 0 Å². The molecule has 0 aromatic rings. The lowest BCUT2D eigenvalue weighted by Gasteiger charge is -2.20. The van der Waals surface area contributed by atoms with Crippen molar-refractivity contribution in [1.29, 1.82) is 0 Å². The Morgan fingerprint density at radius 3 is 2.94 bits per heavy atom. The van der Waals surface area contributed by atoms with Crippen molar-refractivity contribution in [3.63, 3.8) is 0 Å². The minimum absolute atomic E-state index is 0.00745. The highest BCUT2D eigenvalue weighted by Gasteiger charge is 2.23. The number of likely N-dealkylation sites (N-methyl/N-ethyl adjacent to an activating group) is 1. The molecule has 0 saturated carbocycles. The van der Waals surface area contributed by atoms with Crippen molar-refractivity contribution in [2.45, 2.75) is 6.42 Å². The zero-order valence-corrected chi connectivity index (χ0v) is 10.6. The molecule has 1 fully saturated rings. The van der Waals surface area contributed by atoms with Crippen LogP contribution < -0.4 is 0 Å². The Bertz CT molecular complexity index is 260. The Morgan fingerprint density at radius 2 is 2.38 bits per heavy atom. The molecule has 0 atom stereocenters. The van der Waals surface area contributed by atoms with E-state index in [0.29, 0.717) is 24.8 Å². The maximum atomic E-state index is 11.7. The third-order valence-corrected chi connectivity index (χ3v) is 3.36. The van der Waals surface area contributed by atoms with E-state index in [1.807, 2.05) is 0 Å². The zero-order chi connectivity index (χ0) is 12.0. The van der Waals surface area contributed by atoms with Gasteiger partial charge in [0.1, 0.15) is 6.54 Å². The van der Waals surface area contributed by atoms with Crippen molar-refractivity contribution < 1.29 is 14.3 Å². The number of ether oxygens (including phenoxy) is 1. The van der Waals surface area contributed by atoms with Gasteiger partial charge in [-0.2, -0.15) is 0 Å². The van der Waals surface area contributed by atoms with Gasteiger partial charge in [0.2, 0.25) is 11.8 Å². The number of carbonyl (C=O) groups excluding carboxylic acids is 2. The van der Waals surface area contributed by atoms with Gasteiger partial charge in [-0.1, -0.05) is 0 Å². The van der Waals surface area contributed by atoms with Gasteiger partial charge < -0.3 is 14.5 Å². The summed E-state index contributed by atoms with van der Waals surface area (Å²) in [4.78, 5) is 26.3. The summed E-state index contributed by atoms with van der Waals surface area (Å²) in [5, 5.41) is 0. The highest BCUT2D eigenvalue weighted by atomic mass is 32.2. The largest absolute Gasteiger partial charge is 0.385 e. The molecule has 2 amide bonds. The topological polar surface area (TPSA) is 49.9 Å². The molecule has 1 saturated heterocycles. The molecular formula is C10H18N2O3S.